The number of unbranched alkanes of at least 4 members (excludes halogenated alkanes) is 10. The smallest absolute Gasteiger partial charge is 0.163 e. The van der Waals surface area contributed by atoms with Crippen molar-refractivity contribution in [2.45, 2.75) is 96.8 Å². The van der Waals surface area contributed by atoms with Crippen molar-refractivity contribution in [2.24, 2.45) is 0 Å². The van der Waals surface area contributed by atoms with Crippen LogP contribution in [0.1, 0.15) is 105 Å². The number of benzene rings is 1. The molecule has 0 fully saturated rings. The normalized spacial score (nSPS) is 13.5. The van der Waals surface area contributed by atoms with Gasteiger partial charge in [0.1, 0.15) is 0 Å². The first kappa shape index (κ1) is 18.2. The monoisotopic (exact) mass is 314 g/mol. The molecule has 0 radical (unpaired) electrons. The van der Waals surface area contributed by atoms with Crippen molar-refractivity contribution in [1.29, 1.82) is 0 Å². The minimum atomic E-state index is 0.334. The third-order valence-electron chi connectivity index (χ3n) is 5.16. The summed E-state index contributed by atoms with van der Waals surface area (Å²) in [5.41, 5.74) is 3.69. The van der Waals surface area contributed by atoms with Gasteiger partial charge in [0.2, 0.25) is 0 Å². The number of ketones is 1. The molecule has 0 saturated carbocycles. The van der Waals surface area contributed by atoms with Crippen molar-refractivity contribution < 1.29 is 4.79 Å². The van der Waals surface area contributed by atoms with E-state index >= 15 is 0 Å². The average Bonchev–Trinajstić information content (AvgIpc) is 2.93. The number of carbonyl (C=O) groups excluding carboxylic acids is 1. The Bertz CT molecular complexity index is 475. The number of fused-ring (bicyclic) bond motifs is 1. The van der Waals surface area contributed by atoms with Crippen molar-refractivity contribution >= 4 is 5.78 Å². The Hall–Kier alpha value is -1.11. The topological polar surface area (TPSA) is 17.1 Å². The van der Waals surface area contributed by atoms with Gasteiger partial charge in [-0.05, 0) is 30.4 Å². The molecule has 0 spiro atoms. The Balaban J connectivity index is 1.47. The van der Waals surface area contributed by atoms with Crippen molar-refractivity contribution in [3.8, 4) is 0 Å². The zero-order valence-corrected chi connectivity index (χ0v) is 15.0. The first-order valence-corrected chi connectivity index (χ1v) is 9.96. The van der Waals surface area contributed by atoms with Gasteiger partial charge in [-0.2, -0.15) is 0 Å². The van der Waals surface area contributed by atoms with E-state index in [4.69, 9.17) is 0 Å². The van der Waals surface area contributed by atoms with E-state index < -0.39 is 0 Å². The molecule has 0 atom stereocenters. The lowest BCUT2D eigenvalue weighted by Gasteiger charge is -2.05. The molecule has 1 nitrogen and oxygen atoms in total. The van der Waals surface area contributed by atoms with E-state index in [0.29, 0.717) is 5.78 Å². The maximum atomic E-state index is 11.6. The van der Waals surface area contributed by atoms with Crippen LogP contribution in [0.4, 0.5) is 0 Å². The SMILES string of the molecule is CCCCCCCCCCCCCc1ccc2c(c1)CCC2=O. The summed E-state index contributed by atoms with van der Waals surface area (Å²) in [6.45, 7) is 2.28. The van der Waals surface area contributed by atoms with Crippen molar-refractivity contribution in [1.82, 2.24) is 0 Å². The highest BCUT2D eigenvalue weighted by atomic mass is 16.1. The van der Waals surface area contributed by atoms with Gasteiger partial charge in [0, 0.05) is 12.0 Å². The summed E-state index contributed by atoms with van der Waals surface area (Å²) in [4.78, 5) is 11.6. The fourth-order valence-electron chi connectivity index (χ4n) is 3.66. The van der Waals surface area contributed by atoms with Gasteiger partial charge in [-0.15, -0.1) is 0 Å². The maximum Gasteiger partial charge on any atom is 0.163 e. The summed E-state index contributed by atoms with van der Waals surface area (Å²) in [7, 11) is 0. The molecule has 23 heavy (non-hydrogen) atoms. The molecule has 128 valence electrons. The lowest BCUT2D eigenvalue weighted by atomic mass is 10.0. The summed E-state index contributed by atoms with van der Waals surface area (Å²) in [6.07, 6.45) is 18.2. The van der Waals surface area contributed by atoms with E-state index in [0.717, 1.165) is 18.4 Å². The van der Waals surface area contributed by atoms with Gasteiger partial charge in [-0.25, -0.2) is 0 Å². The van der Waals surface area contributed by atoms with Gasteiger partial charge in [0.05, 0.1) is 0 Å². The molecule has 1 aliphatic rings. The molecule has 1 aliphatic carbocycles. The Morgan fingerprint density at radius 1 is 0.783 bits per heavy atom. The van der Waals surface area contributed by atoms with Crippen LogP contribution in [0.2, 0.25) is 0 Å². The van der Waals surface area contributed by atoms with Gasteiger partial charge in [0.25, 0.3) is 0 Å². The molecule has 0 N–H and O–H groups in total. The Morgan fingerprint density at radius 2 is 1.39 bits per heavy atom. The predicted octanol–water partition coefficient (Wildman–Crippen LogP) is 6.67. The van der Waals surface area contributed by atoms with Crippen LogP contribution in [0.15, 0.2) is 18.2 Å². The molecule has 2 rings (SSSR count). The molecule has 1 aromatic carbocycles. The fourth-order valence-corrected chi connectivity index (χ4v) is 3.66. The largest absolute Gasteiger partial charge is 0.294 e. The molecular weight excluding hydrogens is 280 g/mol. The molecule has 0 unspecified atom stereocenters. The predicted molar refractivity (Wildman–Crippen MR) is 99.3 cm³/mol. The maximum absolute atomic E-state index is 11.6. The van der Waals surface area contributed by atoms with Crippen LogP contribution in [0, 0.1) is 0 Å². The van der Waals surface area contributed by atoms with Crippen LogP contribution < -0.4 is 0 Å². The van der Waals surface area contributed by atoms with Gasteiger partial charge >= 0.3 is 0 Å². The summed E-state index contributed by atoms with van der Waals surface area (Å²) < 4.78 is 0. The van der Waals surface area contributed by atoms with Crippen LogP contribution in [-0.4, -0.2) is 5.78 Å². The second-order valence-corrected chi connectivity index (χ2v) is 7.20. The Labute approximate surface area is 142 Å². The molecule has 0 amide bonds. The minimum absolute atomic E-state index is 0.334. The van der Waals surface area contributed by atoms with Gasteiger partial charge in [0.15, 0.2) is 5.78 Å². The van der Waals surface area contributed by atoms with Gasteiger partial charge in [-0.1, -0.05) is 89.3 Å². The molecular formula is C22H34O. The highest BCUT2D eigenvalue weighted by Crippen LogP contribution is 2.23. The quantitative estimate of drug-likeness (QED) is 0.394. The van der Waals surface area contributed by atoms with Crippen molar-refractivity contribution in [2.75, 3.05) is 0 Å². The second-order valence-electron chi connectivity index (χ2n) is 7.20. The molecule has 1 heteroatoms. The Morgan fingerprint density at radius 3 is 2.04 bits per heavy atom. The van der Waals surface area contributed by atoms with E-state index in [2.05, 4.69) is 25.1 Å². The van der Waals surface area contributed by atoms with Crippen LogP contribution in [0.3, 0.4) is 0 Å². The summed E-state index contributed by atoms with van der Waals surface area (Å²) in [5.74, 6) is 0.334. The number of rotatable bonds is 12. The van der Waals surface area contributed by atoms with Gasteiger partial charge < -0.3 is 0 Å². The second kappa shape index (κ2) is 10.6. The minimum Gasteiger partial charge on any atom is -0.294 e. The summed E-state index contributed by atoms with van der Waals surface area (Å²) >= 11 is 0. The number of aryl methyl sites for hydroxylation is 2. The third-order valence-corrected chi connectivity index (χ3v) is 5.16. The summed E-state index contributed by atoms with van der Waals surface area (Å²) in [5, 5.41) is 0. The highest BCUT2D eigenvalue weighted by molar-refractivity contribution is 6.00. The van der Waals surface area contributed by atoms with Crippen LogP contribution in [0.25, 0.3) is 0 Å². The number of hydrogen-bond donors (Lipinski definition) is 0. The van der Waals surface area contributed by atoms with Crippen molar-refractivity contribution in [3.05, 3.63) is 34.9 Å². The van der Waals surface area contributed by atoms with E-state index in [-0.39, 0.29) is 0 Å². The molecule has 0 heterocycles. The lowest BCUT2D eigenvalue weighted by molar-refractivity contribution is 0.0994. The van der Waals surface area contributed by atoms with Crippen LogP contribution in [0.5, 0.6) is 0 Å². The molecule has 0 aromatic heterocycles. The first-order valence-electron chi connectivity index (χ1n) is 9.96. The zero-order valence-electron chi connectivity index (χ0n) is 15.0. The van der Waals surface area contributed by atoms with Crippen LogP contribution >= 0.6 is 0 Å². The molecule has 0 bridgehead atoms. The first-order chi connectivity index (χ1) is 11.3. The average molecular weight is 315 g/mol. The third kappa shape index (κ3) is 6.49. The highest BCUT2D eigenvalue weighted by Gasteiger charge is 2.18. The lowest BCUT2D eigenvalue weighted by Crippen LogP contribution is -1.93. The van der Waals surface area contributed by atoms with E-state index in [9.17, 15) is 4.79 Å². The van der Waals surface area contributed by atoms with E-state index in [1.165, 1.54) is 88.2 Å². The number of Topliss-reactive ketones (excluding diaryl/α,β-unsaturated/α-hetero) is 1. The zero-order chi connectivity index (χ0) is 16.3. The molecule has 1 aromatic rings. The van der Waals surface area contributed by atoms with E-state index in [1.54, 1.807) is 0 Å². The summed E-state index contributed by atoms with van der Waals surface area (Å²) in [6, 6.07) is 6.49. The fraction of sp³-hybridized carbons (Fsp3) is 0.682. The number of carbonyl (C=O) groups is 1. The molecule has 0 aliphatic heterocycles. The van der Waals surface area contributed by atoms with Crippen molar-refractivity contribution in [3.63, 3.8) is 0 Å². The van der Waals surface area contributed by atoms with Crippen LogP contribution in [-0.2, 0) is 12.8 Å². The number of hydrogen-bond acceptors (Lipinski definition) is 1. The standard InChI is InChI=1S/C22H34O/c1-2-3-4-5-6-7-8-9-10-11-12-13-19-14-16-21-20(18-19)15-17-22(21)23/h14,16,18H,2-13,15,17H2,1H3. The molecule has 0 saturated heterocycles. The van der Waals surface area contributed by atoms with Gasteiger partial charge in [-0.3, -0.25) is 4.79 Å². The van der Waals surface area contributed by atoms with E-state index in [1.807, 2.05) is 0 Å². The Kier molecular flexibility index (Phi) is 8.42.